The summed E-state index contributed by atoms with van der Waals surface area (Å²) in [5, 5.41) is 15.8. The second-order valence-corrected chi connectivity index (χ2v) is 5.85. The first-order chi connectivity index (χ1) is 10.1. The maximum atomic E-state index is 13.2. The molecule has 0 spiro atoms. The van der Waals surface area contributed by atoms with Gasteiger partial charge in [-0.2, -0.15) is 5.10 Å². The summed E-state index contributed by atoms with van der Waals surface area (Å²) in [6.45, 7) is 0. The molecule has 0 fully saturated rings. The van der Waals surface area contributed by atoms with Gasteiger partial charge in [-0.25, -0.2) is 4.39 Å². The van der Waals surface area contributed by atoms with Crippen LogP contribution in [0.1, 0.15) is 17.4 Å². The van der Waals surface area contributed by atoms with Crippen molar-refractivity contribution in [3.05, 3.63) is 64.0 Å². The molecule has 0 saturated carbocycles. The minimum absolute atomic E-state index is 0.309. The zero-order valence-electron chi connectivity index (χ0n) is 11.4. The molecule has 0 aliphatic heterocycles. The lowest BCUT2D eigenvalue weighted by atomic mass is 10.0. The minimum atomic E-state index is -0.728. The summed E-state index contributed by atoms with van der Waals surface area (Å²) in [6, 6.07) is 12.5. The van der Waals surface area contributed by atoms with Crippen molar-refractivity contribution in [2.45, 2.75) is 12.5 Å². The first-order valence-electron chi connectivity index (χ1n) is 6.60. The number of aliphatic hydroxyl groups is 1. The van der Waals surface area contributed by atoms with Gasteiger partial charge in [0.1, 0.15) is 11.9 Å². The van der Waals surface area contributed by atoms with Crippen LogP contribution in [0.3, 0.4) is 0 Å². The molecule has 5 heteroatoms. The Balaban J connectivity index is 1.93. The highest BCUT2D eigenvalue weighted by molar-refractivity contribution is 9.10. The highest BCUT2D eigenvalue weighted by atomic mass is 79.9. The maximum Gasteiger partial charge on any atom is 0.137 e. The second-order valence-electron chi connectivity index (χ2n) is 4.99. The molecule has 3 aromatic rings. The Bertz CT molecular complexity index is 800. The van der Waals surface area contributed by atoms with Gasteiger partial charge in [-0.15, -0.1) is 0 Å². The summed E-state index contributed by atoms with van der Waals surface area (Å²) in [7, 11) is 1.85. The minimum Gasteiger partial charge on any atom is -0.386 e. The van der Waals surface area contributed by atoms with E-state index in [0.717, 1.165) is 16.5 Å². The number of halogens is 2. The number of para-hydroxylation sites is 1. The molecule has 0 amide bonds. The van der Waals surface area contributed by atoms with Gasteiger partial charge in [-0.3, -0.25) is 4.68 Å². The molecule has 1 N–H and O–H groups in total. The van der Waals surface area contributed by atoms with Crippen LogP contribution < -0.4 is 0 Å². The molecule has 3 nitrogen and oxygen atoms in total. The highest BCUT2D eigenvalue weighted by Gasteiger charge is 2.17. The molecule has 1 unspecified atom stereocenters. The average molecular weight is 349 g/mol. The molecule has 1 heterocycles. The van der Waals surface area contributed by atoms with Crippen LogP contribution in [0, 0.1) is 5.82 Å². The maximum absolute atomic E-state index is 13.2. The molecular weight excluding hydrogens is 335 g/mol. The van der Waals surface area contributed by atoms with E-state index in [1.165, 1.54) is 6.07 Å². The first-order valence-corrected chi connectivity index (χ1v) is 7.39. The summed E-state index contributed by atoms with van der Waals surface area (Å²) in [5.41, 5.74) is 2.48. The molecular formula is C16H14BrFN2O. The predicted molar refractivity (Wildman–Crippen MR) is 83.5 cm³/mol. The third kappa shape index (κ3) is 2.71. The zero-order chi connectivity index (χ0) is 15.0. The van der Waals surface area contributed by atoms with Gasteiger partial charge < -0.3 is 5.11 Å². The van der Waals surface area contributed by atoms with E-state index in [4.69, 9.17) is 0 Å². The summed E-state index contributed by atoms with van der Waals surface area (Å²) in [5.74, 6) is -0.309. The summed E-state index contributed by atoms with van der Waals surface area (Å²) < 4.78 is 15.4. The number of hydrogen-bond donors (Lipinski definition) is 1. The second kappa shape index (κ2) is 5.58. The van der Waals surface area contributed by atoms with E-state index >= 15 is 0 Å². The fourth-order valence-electron chi connectivity index (χ4n) is 2.47. The standard InChI is InChI=1S/C16H14BrFN2O/c1-20-14-5-3-2-4-11(14)16(19-20)15(21)9-10-6-7-13(18)12(17)8-10/h2-8,15,21H,9H2,1H3. The monoisotopic (exact) mass is 348 g/mol. The predicted octanol–water partition coefficient (Wildman–Crippen LogP) is 3.75. The fraction of sp³-hybridized carbons (Fsp3) is 0.188. The zero-order valence-corrected chi connectivity index (χ0v) is 13.0. The van der Waals surface area contributed by atoms with Crippen molar-refractivity contribution in [3.63, 3.8) is 0 Å². The molecule has 0 aliphatic carbocycles. The van der Waals surface area contributed by atoms with Gasteiger partial charge in [-0.05, 0) is 39.7 Å². The van der Waals surface area contributed by atoms with Crippen molar-refractivity contribution in [2.24, 2.45) is 7.05 Å². The third-order valence-corrected chi connectivity index (χ3v) is 4.12. The van der Waals surface area contributed by atoms with Gasteiger partial charge in [-0.1, -0.05) is 24.3 Å². The largest absolute Gasteiger partial charge is 0.386 e. The lowest BCUT2D eigenvalue weighted by molar-refractivity contribution is 0.174. The van der Waals surface area contributed by atoms with Gasteiger partial charge in [0.25, 0.3) is 0 Å². The van der Waals surface area contributed by atoms with Crippen LogP contribution in [0.15, 0.2) is 46.9 Å². The molecule has 0 radical (unpaired) electrons. The molecule has 0 saturated heterocycles. The number of fused-ring (bicyclic) bond motifs is 1. The molecule has 1 atom stereocenters. The van der Waals surface area contributed by atoms with E-state index in [1.54, 1.807) is 16.8 Å². The molecule has 108 valence electrons. The van der Waals surface area contributed by atoms with Crippen molar-refractivity contribution >= 4 is 26.8 Å². The van der Waals surface area contributed by atoms with Gasteiger partial charge in [0.05, 0.1) is 15.7 Å². The number of hydrogen-bond acceptors (Lipinski definition) is 2. The Morgan fingerprint density at radius 3 is 2.81 bits per heavy atom. The van der Waals surface area contributed by atoms with E-state index in [9.17, 15) is 9.50 Å². The first kappa shape index (κ1) is 14.2. The van der Waals surface area contributed by atoms with Gasteiger partial charge in [0.2, 0.25) is 0 Å². The number of rotatable bonds is 3. The smallest absolute Gasteiger partial charge is 0.137 e. The number of nitrogens with zero attached hydrogens (tertiary/aromatic N) is 2. The van der Waals surface area contributed by atoms with Crippen molar-refractivity contribution in [2.75, 3.05) is 0 Å². The molecule has 0 aliphatic rings. The Hall–Kier alpha value is -1.72. The van der Waals surface area contributed by atoms with Crippen LogP contribution in [0.4, 0.5) is 4.39 Å². The Morgan fingerprint density at radius 1 is 1.29 bits per heavy atom. The number of aliphatic hydroxyl groups excluding tert-OH is 1. The Morgan fingerprint density at radius 2 is 2.05 bits per heavy atom. The normalized spacial score (nSPS) is 12.8. The van der Waals surface area contributed by atoms with Gasteiger partial charge >= 0.3 is 0 Å². The van der Waals surface area contributed by atoms with Gasteiger partial charge in [0.15, 0.2) is 0 Å². The van der Waals surface area contributed by atoms with E-state index in [2.05, 4.69) is 21.0 Å². The molecule has 1 aromatic heterocycles. The summed E-state index contributed by atoms with van der Waals surface area (Å²) in [6.07, 6.45) is -0.339. The van der Waals surface area contributed by atoms with E-state index in [0.29, 0.717) is 16.6 Å². The fourth-order valence-corrected chi connectivity index (χ4v) is 2.90. The van der Waals surface area contributed by atoms with E-state index in [-0.39, 0.29) is 5.82 Å². The van der Waals surface area contributed by atoms with Crippen LogP contribution in [0.25, 0.3) is 10.9 Å². The molecule has 0 bridgehead atoms. The SMILES string of the molecule is Cn1nc(C(O)Cc2ccc(F)c(Br)c2)c2ccccc21. The van der Waals surface area contributed by atoms with Crippen molar-refractivity contribution in [1.29, 1.82) is 0 Å². The van der Waals surface area contributed by atoms with Crippen LogP contribution in [-0.4, -0.2) is 14.9 Å². The van der Waals surface area contributed by atoms with Crippen LogP contribution in [0.5, 0.6) is 0 Å². The Labute approximate surface area is 130 Å². The lowest BCUT2D eigenvalue weighted by Crippen LogP contribution is -2.04. The van der Waals surface area contributed by atoms with Crippen molar-refractivity contribution in [3.8, 4) is 0 Å². The molecule has 3 rings (SSSR count). The van der Waals surface area contributed by atoms with Crippen LogP contribution in [0.2, 0.25) is 0 Å². The number of aromatic nitrogens is 2. The molecule has 21 heavy (non-hydrogen) atoms. The van der Waals surface area contributed by atoms with Crippen molar-refractivity contribution < 1.29 is 9.50 Å². The van der Waals surface area contributed by atoms with Crippen LogP contribution >= 0.6 is 15.9 Å². The van der Waals surface area contributed by atoms with Crippen molar-refractivity contribution in [1.82, 2.24) is 9.78 Å². The number of aryl methyl sites for hydroxylation is 1. The third-order valence-electron chi connectivity index (χ3n) is 3.52. The van der Waals surface area contributed by atoms with E-state index < -0.39 is 6.10 Å². The average Bonchev–Trinajstić information content (AvgIpc) is 2.81. The topological polar surface area (TPSA) is 38.0 Å². The van der Waals surface area contributed by atoms with Gasteiger partial charge in [0, 0.05) is 18.9 Å². The lowest BCUT2D eigenvalue weighted by Gasteiger charge is -2.09. The number of benzene rings is 2. The molecule has 2 aromatic carbocycles. The highest BCUT2D eigenvalue weighted by Crippen LogP contribution is 2.27. The van der Waals surface area contributed by atoms with E-state index in [1.807, 2.05) is 31.3 Å². The summed E-state index contributed by atoms with van der Waals surface area (Å²) >= 11 is 3.16. The summed E-state index contributed by atoms with van der Waals surface area (Å²) in [4.78, 5) is 0. The van der Waals surface area contributed by atoms with Crippen LogP contribution in [-0.2, 0) is 13.5 Å². The quantitative estimate of drug-likeness (QED) is 0.782. The Kier molecular flexibility index (Phi) is 3.78.